The SMILES string of the molecule is CC(c1cccc(Cl)c1)N(C)CC(O)Cn1cc([N+](=O)[O-])cn1. The smallest absolute Gasteiger partial charge is 0.306 e. The quantitative estimate of drug-likeness (QED) is 0.619. The van der Waals surface area contributed by atoms with E-state index in [0.29, 0.717) is 11.6 Å². The molecule has 23 heavy (non-hydrogen) atoms. The van der Waals surface area contributed by atoms with Crippen LogP contribution in [-0.4, -0.2) is 44.4 Å². The van der Waals surface area contributed by atoms with Gasteiger partial charge in [0.2, 0.25) is 0 Å². The zero-order chi connectivity index (χ0) is 17.0. The highest BCUT2D eigenvalue weighted by Crippen LogP contribution is 2.22. The van der Waals surface area contributed by atoms with E-state index >= 15 is 0 Å². The van der Waals surface area contributed by atoms with Gasteiger partial charge >= 0.3 is 5.69 Å². The predicted molar refractivity (Wildman–Crippen MR) is 87.4 cm³/mol. The fraction of sp³-hybridized carbons (Fsp3) is 0.400. The molecule has 0 aliphatic rings. The number of benzene rings is 1. The van der Waals surface area contributed by atoms with Crippen LogP contribution in [0.3, 0.4) is 0 Å². The van der Waals surface area contributed by atoms with Gasteiger partial charge < -0.3 is 5.11 Å². The Labute approximate surface area is 139 Å². The second-order valence-corrected chi connectivity index (χ2v) is 5.94. The summed E-state index contributed by atoms with van der Waals surface area (Å²) in [6, 6.07) is 7.66. The first-order valence-electron chi connectivity index (χ1n) is 7.17. The van der Waals surface area contributed by atoms with Gasteiger partial charge in [-0.25, -0.2) is 0 Å². The summed E-state index contributed by atoms with van der Waals surface area (Å²) >= 11 is 6.00. The monoisotopic (exact) mass is 338 g/mol. The lowest BCUT2D eigenvalue weighted by molar-refractivity contribution is -0.385. The Hall–Kier alpha value is -1.96. The lowest BCUT2D eigenvalue weighted by atomic mass is 10.1. The van der Waals surface area contributed by atoms with E-state index in [1.807, 2.05) is 43.1 Å². The topological polar surface area (TPSA) is 84.4 Å². The normalized spacial score (nSPS) is 14.0. The van der Waals surface area contributed by atoms with Crippen LogP contribution in [0.5, 0.6) is 0 Å². The molecule has 1 N–H and O–H groups in total. The highest BCUT2D eigenvalue weighted by atomic mass is 35.5. The fourth-order valence-electron chi connectivity index (χ4n) is 2.33. The maximum atomic E-state index is 10.6. The number of nitrogens with zero attached hydrogens (tertiary/aromatic N) is 4. The summed E-state index contributed by atoms with van der Waals surface area (Å²) in [5.41, 5.74) is 0.972. The first kappa shape index (κ1) is 17.4. The first-order valence-corrected chi connectivity index (χ1v) is 7.55. The summed E-state index contributed by atoms with van der Waals surface area (Å²) in [5, 5.41) is 25.3. The van der Waals surface area contributed by atoms with Crippen molar-refractivity contribution in [3.63, 3.8) is 0 Å². The summed E-state index contributed by atoms with van der Waals surface area (Å²) in [4.78, 5) is 12.1. The van der Waals surface area contributed by atoms with Gasteiger partial charge in [-0.15, -0.1) is 0 Å². The molecule has 2 atom stereocenters. The molecule has 7 nitrogen and oxygen atoms in total. The van der Waals surface area contributed by atoms with Crippen molar-refractivity contribution in [2.75, 3.05) is 13.6 Å². The molecule has 0 aliphatic heterocycles. The predicted octanol–water partition coefficient (Wildman–Crippen LogP) is 2.50. The number of nitro groups is 1. The standard InChI is InChI=1S/C15H19ClN4O3/c1-11(12-4-3-5-13(16)6-12)18(2)9-15(21)10-19-8-14(7-17-19)20(22)23/h3-8,11,15,21H,9-10H2,1-2H3. The van der Waals surface area contributed by atoms with Crippen LogP contribution in [0.2, 0.25) is 5.02 Å². The highest BCUT2D eigenvalue weighted by Gasteiger charge is 2.17. The maximum Gasteiger partial charge on any atom is 0.306 e. The van der Waals surface area contributed by atoms with Crippen molar-refractivity contribution in [2.45, 2.75) is 25.6 Å². The Bertz CT molecular complexity index is 676. The average molecular weight is 339 g/mol. The van der Waals surface area contributed by atoms with Crippen molar-refractivity contribution in [1.82, 2.24) is 14.7 Å². The molecule has 2 unspecified atom stereocenters. The van der Waals surface area contributed by atoms with E-state index in [1.54, 1.807) is 0 Å². The molecule has 0 spiro atoms. The number of hydrogen-bond acceptors (Lipinski definition) is 5. The third-order valence-electron chi connectivity index (χ3n) is 3.72. The molecule has 0 aliphatic carbocycles. The first-order chi connectivity index (χ1) is 10.9. The van der Waals surface area contributed by atoms with Gasteiger partial charge in [-0.05, 0) is 31.7 Å². The van der Waals surface area contributed by atoms with Crippen LogP contribution in [0.25, 0.3) is 0 Å². The van der Waals surface area contributed by atoms with Crippen molar-refractivity contribution < 1.29 is 10.0 Å². The van der Waals surface area contributed by atoms with Crippen molar-refractivity contribution in [2.24, 2.45) is 0 Å². The molecule has 0 amide bonds. The fourth-order valence-corrected chi connectivity index (χ4v) is 2.53. The zero-order valence-corrected chi connectivity index (χ0v) is 13.7. The number of rotatable bonds is 7. The Morgan fingerprint density at radius 2 is 2.26 bits per heavy atom. The zero-order valence-electron chi connectivity index (χ0n) is 13.0. The van der Waals surface area contributed by atoms with Crippen LogP contribution < -0.4 is 0 Å². The van der Waals surface area contributed by atoms with Gasteiger partial charge in [0.1, 0.15) is 12.4 Å². The van der Waals surface area contributed by atoms with Crippen molar-refractivity contribution in [1.29, 1.82) is 0 Å². The van der Waals surface area contributed by atoms with Crippen molar-refractivity contribution in [3.8, 4) is 0 Å². The van der Waals surface area contributed by atoms with E-state index in [0.717, 1.165) is 5.56 Å². The minimum absolute atomic E-state index is 0.0790. The van der Waals surface area contributed by atoms with E-state index < -0.39 is 11.0 Å². The van der Waals surface area contributed by atoms with Crippen molar-refractivity contribution >= 4 is 17.3 Å². The molecule has 1 heterocycles. The molecule has 0 bridgehead atoms. The highest BCUT2D eigenvalue weighted by molar-refractivity contribution is 6.30. The molecular weight excluding hydrogens is 320 g/mol. The summed E-state index contributed by atoms with van der Waals surface area (Å²) in [6.07, 6.45) is 1.79. The van der Waals surface area contributed by atoms with E-state index in [9.17, 15) is 15.2 Å². The maximum absolute atomic E-state index is 10.6. The molecule has 0 saturated heterocycles. The molecule has 2 rings (SSSR count). The van der Waals surface area contributed by atoms with Crippen LogP contribution in [-0.2, 0) is 6.54 Å². The van der Waals surface area contributed by atoms with E-state index in [1.165, 1.54) is 17.1 Å². The number of aliphatic hydroxyl groups is 1. The van der Waals surface area contributed by atoms with Gasteiger partial charge in [0.25, 0.3) is 0 Å². The average Bonchev–Trinajstić information content (AvgIpc) is 2.94. The van der Waals surface area contributed by atoms with Gasteiger partial charge in [-0.3, -0.25) is 19.7 Å². The van der Waals surface area contributed by atoms with Crippen molar-refractivity contribution in [3.05, 3.63) is 57.4 Å². The van der Waals surface area contributed by atoms with Crippen LogP contribution in [0.15, 0.2) is 36.7 Å². The number of likely N-dealkylation sites (N-methyl/N-ethyl adjacent to an activating group) is 1. The van der Waals surface area contributed by atoms with Gasteiger partial charge in [0.15, 0.2) is 0 Å². The lowest BCUT2D eigenvalue weighted by Crippen LogP contribution is -2.34. The van der Waals surface area contributed by atoms with E-state index in [2.05, 4.69) is 5.10 Å². The van der Waals surface area contributed by atoms with Crippen LogP contribution in [0, 0.1) is 10.1 Å². The Morgan fingerprint density at radius 1 is 1.52 bits per heavy atom. The lowest BCUT2D eigenvalue weighted by Gasteiger charge is -2.27. The summed E-state index contributed by atoms with van der Waals surface area (Å²) < 4.78 is 1.38. The number of aromatic nitrogens is 2. The summed E-state index contributed by atoms with van der Waals surface area (Å²) in [7, 11) is 1.90. The molecule has 0 fully saturated rings. The Morgan fingerprint density at radius 3 is 2.87 bits per heavy atom. The van der Waals surface area contributed by atoms with Crippen LogP contribution in [0.4, 0.5) is 5.69 Å². The molecule has 0 radical (unpaired) electrons. The molecule has 2 aromatic rings. The van der Waals surface area contributed by atoms with Crippen LogP contribution in [0.1, 0.15) is 18.5 Å². The van der Waals surface area contributed by atoms with Gasteiger partial charge in [0.05, 0.1) is 17.6 Å². The molecular formula is C15H19ClN4O3. The number of hydrogen-bond donors (Lipinski definition) is 1. The second kappa shape index (κ2) is 7.54. The van der Waals surface area contributed by atoms with Gasteiger partial charge in [-0.2, -0.15) is 5.10 Å². The molecule has 124 valence electrons. The second-order valence-electron chi connectivity index (χ2n) is 5.50. The molecule has 8 heteroatoms. The van der Waals surface area contributed by atoms with E-state index in [-0.39, 0.29) is 18.3 Å². The Kier molecular flexibility index (Phi) is 5.70. The minimum Gasteiger partial charge on any atom is -0.390 e. The largest absolute Gasteiger partial charge is 0.390 e. The molecule has 1 aromatic carbocycles. The number of aliphatic hydroxyl groups excluding tert-OH is 1. The summed E-state index contributed by atoms with van der Waals surface area (Å²) in [5.74, 6) is 0. The minimum atomic E-state index is -0.693. The van der Waals surface area contributed by atoms with Gasteiger partial charge in [-0.1, -0.05) is 23.7 Å². The third kappa shape index (κ3) is 4.75. The Balaban J connectivity index is 1.93. The molecule has 0 saturated carbocycles. The third-order valence-corrected chi connectivity index (χ3v) is 3.95. The van der Waals surface area contributed by atoms with Crippen LogP contribution >= 0.6 is 11.6 Å². The number of halogens is 1. The molecule has 1 aromatic heterocycles. The van der Waals surface area contributed by atoms with Gasteiger partial charge in [0, 0.05) is 17.6 Å². The van der Waals surface area contributed by atoms with E-state index in [4.69, 9.17) is 11.6 Å². The summed E-state index contributed by atoms with van der Waals surface area (Å²) in [6.45, 7) is 2.62.